The molecule has 0 saturated carbocycles. The summed E-state index contributed by atoms with van der Waals surface area (Å²) >= 11 is 0. The summed E-state index contributed by atoms with van der Waals surface area (Å²) in [5.41, 5.74) is 2.05. The van der Waals surface area contributed by atoms with Crippen molar-refractivity contribution in [2.45, 2.75) is 32.5 Å². The molecule has 1 aromatic heterocycles. The molecule has 0 aliphatic heterocycles. The molecule has 0 saturated heterocycles. The number of aromatic nitrogens is 2. The summed E-state index contributed by atoms with van der Waals surface area (Å²) in [4.78, 5) is 4.08. The van der Waals surface area contributed by atoms with Crippen molar-refractivity contribution >= 4 is 0 Å². The van der Waals surface area contributed by atoms with Crippen LogP contribution in [0.4, 0.5) is 0 Å². The molecule has 1 aliphatic carbocycles. The van der Waals surface area contributed by atoms with Gasteiger partial charge in [0, 0.05) is 5.56 Å². The minimum absolute atomic E-state index is 0.257. The van der Waals surface area contributed by atoms with Crippen LogP contribution in [0.25, 0.3) is 0 Å². The lowest BCUT2D eigenvalue weighted by Gasteiger charge is -2.09. The SMILES string of the molecule is Cc1noc(COc2cccc3c2CCC3O)n1. The Kier molecular flexibility index (Phi) is 2.76. The number of benzene rings is 1. The van der Waals surface area contributed by atoms with Crippen molar-refractivity contribution in [3.05, 3.63) is 41.0 Å². The van der Waals surface area contributed by atoms with Crippen molar-refractivity contribution in [3.63, 3.8) is 0 Å². The number of ether oxygens (including phenoxy) is 1. The molecule has 0 radical (unpaired) electrons. The third-order valence-electron chi connectivity index (χ3n) is 3.12. The molecule has 94 valence electrons. The number of aryl methyl sites for hydroxylation is 1. The van der Waals surface area contributed by atoms with Crippen LogP contribution in [-0.2, 0) is 13.0 Å². The van der Waals surface area contributed by atoms with Crippen molar-refractivity contribution in [1.29, 1.82) is 0 Å². The van der Waals surface area contributed by atoms with E-state index in [1.54, 1.807) is 6.92 Å². The van der Waals surface area contributed by atoms with E-state index in [2.05, 4.69) is 10.1 Å². The second-order valence-corrected chi connectivity index (χ2v) is 4.40. The molecule has 1 aliphatic rings. The Balaban J connectivity index is 1.78. The highest BCUT2D eigenvalue weighted by Crippen LogP contribution is 2.36. The van der Waals surface area contributed by atoms with Gasteiger partial charge in [-0.25, -0.2) is 0 Å². The van der Waals surface area contributed by atoms with Gasteiger partial charge in [-0.3, -0.25) is 0 Å². The van der Waals surface area contributed by atoms with Gasteiger partial charge >= 0.3 is 0 Å². The standard InChI is InChI=1S/C13H14N2O3/c1-8-14-13(18-15-8)7-17-12-4-2-3-9-10(12)5-6-11(9)16/h2-4,11,16H,5-7H2,1H3. The molecule has 1 unspecified atom stereocenters. The molecule has 0 bridgehead atoms. The summed E-state index contributed by atoms with van der Waals surface area (Å²) in [5.74, 6) is 1.85. The number of aliphatic hydroxyl groups excluding tert-OH is 1. The first-order valence-corrected chi connectivity index (χ1v) is 5.96. The molecule has 1 heterocycles. The van der Waals surface area contributed by atoms with Crippen LogP contribution in [-0.4, -0.2) is 15.2 Å². The van der Waals surface area contributed by atoms with Gasteiger partial charge in [0.2, 0.25) is 0 Å². The normalized spacial score (nSPS) is 17.8. The highest BCUT2D eigenvalue weighted by atomic mass is 16.5. The van der Waals surface area contributed by atoms with Gasteiger partial charge in [-0.1, -0.05) is 17.3 Å². The Bertz CT molecular complexity index is 565. The van der Waals surface area contributed by atoms with Gasteiger partial charge in [-0.2, -0.15) is 4.98 Å². The second-order valence-electron chi connectivity index (χ2n) is 4.40. The molecule has 0 amide bonds. The van der Waals surface area contributed by atoms with Crippen molar-refractivity contribution in [2.24, 2.45) is 0 Å². The lowest BCUT2D eigenvalue weighted by atomic mass is 10.1. The lowest BCUT2D eigenvalue weighted by molar-refractivity contribution is 0.180. The third kappa shape index (κ3) is 1.97. The first-order chi connectivity index (χ1) is 8.74. The predicted octanol–water partition coefficient (Wildman–Crippen LogP) is 1.94. The molecular formula is C13H14N2O3. The molecule has 1 atom stereocenters. The number of hydrogen-bond donors (Lipinski definition) is 1. The van der Waals surface area contributed by atoms with Crippen LogP contribution in [0, 0.1) is 6.92 Å². The second kappa shape index (κ2) is 4.42. The van der Waals surface area contributed by atoms with Crippen molar-refractivity contribution in [3.8, 4) is 5.75 Å². The summed E-state index contributed by atoms with van der Waals surface area (Å²) in [5, 5.41) is 13.5. The van der Waals surface area contributed by atoms with Gasteiger partial charge < -0.3 is 14.4 Å². The quantitative estimate of drug-likeness (QED) is 0.896. The van der Waals surface area contributed by atoms with E-state index in [0.717, 1.165) is 29.7 Å². The third-order valence-corrected chi connectivity index (χ3v) is 3.12. The van der Waals surface area contributed by atoms with Crippen LogP contribution in [0.1, 0.15) is 35.4 Å². The Labute approximate surface area is 104 Å². The molecule has 0 fully saturated rings. The first kappa shape index (κ1) is 11.2. The van der Waals surface area contributed by atoms with E-state index >= 15 is 0 Å². The Morgan fingerprint density at radius 3 is 3.17 bits per heavy atom. The summed E-state index contributed by atoms with van der Waals surface area (Å²) < 4.78 is 10.7. The van der Waals surface area contributed by atoms with Crippen LogP contribution in [0.5, 0.6) is 5.75 Å². The van der Waals surface area contributed by atoms with E-state index in [9.17, 15) is 5.11 Å². The summed E-state index contributed by atoms with van der Waals surface area (Å²) in [6.07, 6.45) is 1.24. The number of hydrogen-bond acceptors (Lipinski definition) is 5. The number of rotatable bonds is 3. The largest absolute Gasteiger partial charge is 0.483 e. The van der Waals surface area contributed by atoms with Crippen LogP contribution in [0.3, 0.4) is 0 Å². The van der Waals surface area contributed by atoms with E-state index in [1.165, 1.54) is 0 Å². The molecule has 5 heteroatoms. The van der Waals surface area contributed by atoms with E-state index in [-0.39, 0.29) is 12.7 Å². The van der Waals surface area contributed by atoms with Crippen LogP contribution < -0.4 is 4.74 Å². The molecular weight excluding hydrogens is 232 g/mol. The number of fused-ring (bicyclic) bond motifs is 1. The topological polar surface area (TPSA) is 68.4 Å². The Hall–Kier alpha value is -1.88. The summed E-state index contributed by atoms with van der Waals surface area (Å²) in [7, 11) is 0. The Morgan fingerprint density at radius 2 is 2.39 bits per heavy atom. The maximum Gasteiger partial charge on any atom is 0.264 e. The summed E-state index contributed by atoms with van der Waals surface area (Å²) in [6.45, 7) is 2.02. The van der Waals surface area contributed by atoms with Crippen LogP contribution in [0.2, 0.25) is 0 Å². The lowest BCUT2D eigenvalue weighted by Crippen LogP contribution is -1.99. The molecule has 0 spiro atoms. The van der Waals surface area contributed by atoms with Gasteiger partial charge in [-0.15, -0.1) is 0 Å². The fourth-order valence-corrected chi connectivity index (χ4v) is 2.27. The molecule has 1 aromatic carbocycles. The maximum absolute atomic E-state index is 9.80. The average Bonchev–Trinajstić information content (AvgIpc) is 2.94. The smallest absolute Gasteiger partial charge is 0.264 e. The minimum Gasteiger partial charge on any atom is -0.483 e. The van der Waals surface area contributed by atoms with Crippen LogP contribution >= 0.6 is 0 Å². The maximum atomic E-state index is 9.80. The zero-order valence-electron chi connectivity index (χ0n) is 10.1. The van der Waals surface area contributed by atoms with E-state index in [4.69, 9.17) is 9.26 Å². The molecule has 2 aromatic rings. The van der Waals surface area contributed by atoms with Crippen LogP contribution in [0.15, 0.2) is 22.7 Å². The van der Waals surface area contributed by atoms with E-state index in [1.807, 2.05) is 18.2 Å². The fourth-order valence-electron chi connectivity index (χ4n) is 2.27. The number of aliphatic hydroxyl groups is 1. The van der Waals surface area contributed by atoms with E-state index in [0.29, 0.717) is 11.7 Å². The minimum atomic E-state index is -0.366. The zero-order chi connectivity index (χ0) is 12.5. The van der Waals surface area contributed by atoms with Gasteiger partial charge in [0.05, 0.1) is 6.10 Å². The number of nitrogens with zero attached hydrogens (tertiary/aromatic N) is 2. The predicted molar refractivity (Wildman–Crippen MR) is 63.1 cm³/mol. The highest BCUT2D eigenvalue weighted by molar-refractivity contribution is 5.44. The fraction of sp³-hybridized carbons (Fsp3) is 0.385. The van der Waals surface area contributed by atoms with Crippen molar-refractivity contribution < 1.29 is 14.4 Å². The molecule has 1 N–H and O–H groups in total. The average molecular weight is 246 g/mol. The Morgan fingerprint density at radius 1 is 1.50 bits per heavy atom. The molecule has 3 rings (SSSR count). The van der Waals surface area contributed by atoms with Gasteiger partial charge in [0.15, 0.2) is 12.4 Å². The first-order valence-electron chi connectivity index (χ1n) is 5.96. The summed E-state index contributed by atoms with van der Waals surface area (Å²) in [6, 6.07) is 5.73. The van der Waals surface area contributed by atoms with Crippen molar-refractivity contribution in [1.82, 2.24) is 10.1 Å². The highest BCUT2D eigenvalue weighted by Gasteiger charge is 2.23. The monoisotopic (exact) mass is 246 g/mol. The van der Waals surface area contributed by atoms with Gasteiger partial charge in [-0.05, 0) is 31.4 Å². The van der Waals surface area contributed by atoms with Crippen molar-refractivity contribution in [2.75, 3.05) is 0 Å². The van der Waals surface area contributed by atoms with Gasteiger partial charge in [0.1, 0.15) is 5.75 Å². The molecule has 18 heavy (non-hydrogen) atoms. The van der Waals surface area contributed by atoms with Gasteiger partial charge in [0.25, 0.3) is 5.89 Å². The zero-order valence-corrected chi connectivity index (χ0v) is 10.1. The van der Waals surface area contributed by atoms with E-state index < -0.39 is 0 Å². The molecule has 5 nitrogen and oxygen atoms in total.